The molecule has 0 aliphatic rings. The number of halogens is 1. The van der Waals surface area contributed by atoms with Crippen molar-refractivity contribution in [2.24, 2.45) is 0 Å². The molecule has 0 bridgehead atoms. The number of rotatable bonds is 6. The van der Waals surface area contributed by atoms with Crippen molar-refractivity contribution in [2.75, 3.05) is 6.61 Å². The molecule has 0 fully saturated rings. The minimum absolute atomic E-state index is 0.0650. The molecule has 1 heterocycles. The van der Waals surface area contributed by atoms with Crippen molar-refractivity contribution < 1.29 is 18.7 Å². The Kier molecular flexibility index (Phi) is 6.17. The van der Waals surface area contributed by atoms with Gasteiger partial charge in [-0.3, -0.25) is 20.4 Å². The number of ether oxygens (including phenoxy) is 1. The second-order valence-corrected chi connectivity index (χ2v) is 6.59. The smallest absolute Gasteiger partial charge is 0.309 e. The van der Waals surface area contributed by atoms with Crippen LogP contribution in [0.5, 0.6) is 5.75 Å². The fourth-order valence-electron chi connectivity index (χ4n) is 2.86. The summed E-state index contributed by atoms with van der Waals surface area (Å²) in [4.78, 5) is 28.8. The summed E-state index contributed by atoms with van der Waals surface area (Å²) in [6.45, 7) is -0.484. The highest BCUT2D eigenvalue weighted by molar-refractivity contribution is 5.92. The lowest BCUT2D eigenvalue weighted by Crippen LogP contribution is -2.44. The number of para-hydroxylation sites is 2. The lowest BCUT2D eigenvalue weighted by Gasteiger charge is -2.08. The van der Waals surface area contributed by atoms with Gasteiger partial charge in [0.25, 0.3) is 5.91 Å². The van der Waals surface area contributed by atoms with E-state index < -0.39 is 24.2 Å². The second-order valence-electron chi connectivity index (χ2n) is 6.59. The third-order valence-corrected chi connectivity index (χ3v) is 4.35. The molecule has 0 spiro atoms. The summed E-state index contributed by atoms with van der Waals surface area (Å²) in [6.07, 6.45) is 0. The first kappa shape index (κ1) is 20.7. The third kappa shape index (κ3) is 4.78. The van der Waals surface area contributed by atoms with E-state index >= 15 is 0 Å². The third-order valence-electron chi connectivity index (χ3n) is 4.35. The van der Waals surface area contributed by atoms with Crippen LogP contribution in [-0.2, 0) is 4.79 Å². The molecule has 0 unspecified atom stereocenters. The minimum atomic E-state index is -0.712. The first-order valence-electron chi connectivity index (χ1n) is 9.66. The summed E-state index contributed by atoms with van der Waals surface area (Å²) in [5.74, 6) is -1.71. The molecule has 0 saturated heterocycles. The van der Waals surface area contributed by atoms with Crippen LogP contribution in [-0.4, -0.2) is 33.2 Å². The van der Waals surface area contributed by atoms with Crippen LogP contribution in [0.15, 0.2) is 84.9 Å². The number of hydrogen-bond acceptors (Lipinski definition) is 5. The van der Waals surface area contributed by atoms with E-state index in [-0.39, 0.29) is 11.6 Å². The molecule has 160 valence electrons. The molecule has 8 nitrogen and oxygen atoms in total. The van der Waals surface area contributed by atoms with Gasteiger partial charge in [-0.25, -0.2) is 14.1 Å². The predicted octanol–water partition coefficient (Wildman–Crippen LogP) is 2.91. The van der Waals surface area contributed by atoms with Crippen molar-refractivity contribution in [3.05, 3.63) is 96.6 Å². The van der Waals surface area contributed by atoms with E-state index in [2.05, 4.69) is 20.9 Å². The molecule has 2 amide bonds. The van der Waals surface area contributed by atoms with Gasteiger partial charge in [0.15, 0.2) is 24.0 Å². The predicted molar refractivity (Wildman–Crippen MR) is 114 cm³/mol. The van der Waals surface area contributed by atoms with Gasteiger partial charge in [-0.1, -0.05) is 60.7 Å². The summed E-state index contributed by atoms with van der Waals surface area (Å²) in [5, 5.41) is 4.30. The second kappa shape index (κ2) is 9.52. The Balaban J connectivity index is 1.46. The van der Waals surface area contributed by atoms with E-state index in [0.717, 1.165) is 11.3 Å². The maximum Gasteiger partial charge on any atom is 0.309 e. The summed E-state index contributed by atoms with van der Waals surface area (Å²) in [7, 11) is 0. The van der Waals surface area contributed by atoms with E-state index in [1.807, 2.05) is 60.7 Å². The number of hydrazine groups is 1. The van der Waals surface area contributed by atoms with E-state index in [4.69, 9.17) is 4.74 Å². The Morgan fingerprint density at radius 3 is 2.25 bits per heavy atom. The number of nitrogens with zero attached hydrogens (tertiary/aromatic N) is 3. The molecule has 32 heavy (non-hydrogen) atoms. The zero-order valence-corrected chi connectivity index (χ0v) is 16.7. The van der Waals surface area contributed by atoms with Crippen LogP contribution in [0.4, 0.5) is 4.39 Å². The van der Waals surface area contributed by atoms with Crippen molar-refractivity contribution in [1.82, 2.24) is 25.6 Å². The van der Waals surface area contributed by atoms with E-state index in [1.165, 1.54) is 18.2 Å². The first-order valence-corrected chi connectivity index (χ1v) is 9.66. The Bertz CT molecular complexity index is 1170. The van der Waals surface area contributed by atoms with Gasteiger partial charge < -0.3 is 4.74 Å². The monoisotopic (exact) mass is 431 g/mol. The topological polar surface area (TPSA) is 98.1 Å². The van der Waals surface area contributed by atoms with Gasteiger partial charge in [0.1, 0.15) is 0 Å². The average molecular weight is 431 g/mol. The largest absolute Gasteiger partial charge is 0.481 e. The lowest BCUT2D eigenvalue weighted by molar-refractivity contribution is -0.123. The summed E-state index contributed by atoms with van der Waals surface area (Å²) < 4.78 is 20.2. The normalized spacial score (nSPS) is 10.4. The maximum atomic E-state index is 13.6. The number of hydrogen-bond donors (Lipinski definition) is 2. The Morgan fingerprint density at radius 1 is 0.875 bits per heavy atom. The minimum Gasteiger partial charge on any atom is -0.481 e. The van der Waals surface area contributed by atoms with Crippen LogP contribution in [0.1, 0.15) is 10.6 Å². The summed E-state index contributed by atoms with van der Waals surface area (Å²) in [6, 6.07) is 24.2. The zero-order chi connectivity index (χ0) is 22.3. The molecule has 3 aromatic carbocycles. The van der Waals surface area contributed by atoms with Gasteiger partial charge >= 0.3 is 5.91 Å². The standard InChI is InChI=1S/C23H18FN5O3/c24-18-13-7-8-14-19(18)32-15-20(30)26-27-23(31)21-25-22(16-9-3-1-4-10-16)29(28-21)17-11-5-2-6-12-17/h1-14H,15H2,(H,26,30)(H,27,31). The Hall–Kier alpha value is -4.53. The van der Waals surface area contributed by atoms with Gasteiger partial charge in [0.2, 0.25) is 5.82 Å². The van der Waals surface area contributed by atoms with Crippen molar-refractivity contribution in [2.45, 2.75) is 0 Å². The van der Waals surface area contributed by atoms with E-state index in [1.54, 1.807) is 10.7 Å². The lowest BCUT2D eigenvalue weighted by atomic mass is 10.2. The van der Waals surface area contributed by atoms with Crippen molar-refractivity contribution in [3.63, 3.8) is 0 Å². The van der Waals surface area contributed by atoms with Crippen LogP contribution in [0.3, 0.4) is 0 Å². The molecule has 4 aromatic rings. The van der Waals surface area contributed by atoms with Crippen LogP contribution in [0.2, 0.25) is 0 Å². The molecule has 1 aromatic heterocycles. The van der Waals surface area contributed by atoms with Crippen molar-refractivity contribution >= 4 is 11.8 Å². The fraction of sp³-hybridized carbons (Fsp3) is 0.0435. The zero-order valence-electron chi connectivity index (χ0n) is 16.7. The quantitative estimate of drug-likeness (QED) is 0.458. The molecule has 4 rings (SSSR count). The summed E-state index contributed by atoms with van der Waals surface area (Å²) in [5.41, 5.74) is 5.94. The highest BCUT2D eigenvalue weighted by Crippen LogP contribution is 2.21. The molecule has 0 aliphatic heterocycles. The summed E-state index contributed by atoms with van der Waals surface area (Å²) >= 11 is 0. The average Bonchev–Trinajstić information content (AvgIpc) is 3.29. The van der Waals surface area contributed by atoms with Gasteiger partial charge in [-0.05, 0) is 24.3 Å². The molecule has 0 saturated carbocycles. The van der Waals surface area contributed by atoms with Gasteiger partial charge in [0, 0.05) is 5.56 Å². The van der Waals surface area contributed by atoms with Crippen LogP contribution in [0.25, 0.3) is 17.1 Å². The van der Waals surface area contributed by atoms with Crippen LogP contribution in [0, 0.1) is 5.82 Å². The number of carbonyl (C=O) groups excluding carboxylic acids is 2. The van der Waals surface area contributed by atoms with Crippen LogP contribution >= 0.6 is 0 Å². The fourth-order valence-corrected chi connectivity index (χ4v) is 2.86. The van der Waals surface area contributed by atoms with Crippen LogP contribution < -0.4 is 15.6 Å². The highest BCUT2D eigenvalue weighted by atomic mass is 19.1. The maximum absolute atomic E-state index is 13.6. The van der Waals surface area contributed by atoms with Gasteiger partial charge in [-0.2, -0.15) is 0 Å². The Morgan fingerprint density at radius 2 is 1.53 bits per heavy atom. The number of nitrogens with one attached hydrogen (secondary N) is 2. The molecular formula is C23H18FN5O3. The van der Waals surface area contributed by atoms with E-state index in [0.29, 0.717) is 5.82 Å². The van der Waals surface area contributed by atoms with Gasteiger partial charge in [-0.15, -0.1) is 5.10 Å². The molecule has 0 radical (unpaired) electrons. The number of carbonyl (C=O) groups is 2. The number of benzene rings is 3. The van der Waals surface area contributed by atoms with Crippen molar-refractivity contribution in [1.29, 1.82) is 0 Å². The number of amides is 2. The van der Waals surface area contributed by atoms with Crippen molar-refractivity contribution in [3.8, 4) is 22.8 Å². The molecule has 2 N–H and O–H groups in total. The molecule has 9 heteroatoms. The molecule has 0 aliphatic carbocycles. The number of aromatic nitrogens is 3. The molecular weight excluding hydrogens is 413 g/mol. The highest BCUT2D eigenvalue weighted by Gasteiger charge is 2.19. The Labute approximate surface area is 182 Å². The first-order chi connectivity index (χ1) is 15.6. The molecule has 0 atom stereocenters. The SMILES string of the molecule is O=C(COc1ccccc1F)NNC(=O)c1nc(-c2ccccc2)n(-c2ccccc2)n1. The van der Waals surface area contributed by atoms with E-state index in [9.17, 15) is 14.0 Å². The van der Waals surface area contributed by atoms with Gasteiger partial charge in [0.05, 0.1) is 5.69 Å².